The number of benzene rings is 1. The van der Waals surface area contributed by atoms with E-state index in [1.54, 1.807) is 27.7 Å². The van der Waals surface area contributed by atoms with Crippen molar-refractivity contribution in [2.75, 3.05) is 18.5 Å². The van der Waals surface area contributed by atoms with E-state index in [9.17, 15) is 17.6 Å². The van der Waals surface area contributed by atoms with E-state index in [-0.39, 0.29) is 30.1 Å². The molecule has 10 heteroatoms. The molecule has 7 nitrogen and oxygen atoms in total. The van der Waals surface area contributed by atoms with Crippen LogP contribution in [0.1, 0.15) is 27.7 Å². The molecule has 0 unspecified atom stereocenters. The summed E-state index contributed by atoms with van der Waals surface area (Å²) in [5, 5.41) is 5.64. The lowest BCUT2D eigenvalue weighted by molar-refractivity contribution is -0.123. The highest BCUT2D eigenvalue weighted by Crippen LogP contribution is 2.21. The van der Waals surface area contributed by atoms with Gasteiger partial charge in [0.15, 0.2) is 0 Å². The molecule has 1 aromatic rings. The third-order valence-corrected chi connectivity index (χ3v) is 5.30. The van der Waals surface area contributed by atoms with Crippen LogP contribution in [0.15, 0.2) is 23.1 Å². The van der Waals surface area contributed by atoms with Crippen LogP contribution in [0, 0.1) is 5.82 Å². The predicted molar refractivity (Wildman–Crippen MR) is 99.6 cm³/mol. The number of ether oxygens (including phenoxy) is 1. The third-order valence-electron chi connectivity index (χ3n) is 3.53. The molecular weight excluding hydrogens is 385 g/mol. The van der Waals surface area contributed by atoms with Crippen molar-refractivity contribution in [1.29, 1.82) is 0 Å². The van der Waals surface area contributed by atoms with Crippen LogP contribution in [0.4, 0.5) is 10.1 Å². The van der Waals surface area contributed by atoms with Crippen LogP contribution >= 0.6 is 12.4 Å². The molecule has 0 aromatic heterocycles. The fourth-order valence-electron chi connectivity index (χ4n) is 2.49. The maximum absolute atomic E-state index is 14.0. The monoisotopic (exact) mass is 409 g/mol. The molecular formula is C16H25ClFN3O4S. The zero-order valence-corrected chi connectivity index (χ0v) is 16.8. The van der Waals surface area contributed by atoms with Crippen LogP contribution in [0.2, 0.25) is 0 Å². The second-order valence-corrected chi connectivity index (χ2v) is 8.65. The molecule has 2 rings (SSSR count). The van der Waals surface area contributed by atoms with E-state index in [1.807, 2.05) is 0 Å². The lowest BCUT2D eigenvalue weighted by atomic mass is 10.1. The molecule has 1 amide bonds. The van der Waals surface area contributed by atoms with Crippen molar-refractivity contribution in [2.45, 2.75) is 50.3 Å². The maximum atomic E-state index is 14.0. The van der Waals surface area contributed by atoms with Crippen molar-refractivity contribution in [1.82, 2.24) is 10.0 Å². The Labute approximate surface area is 159 Å². The van der Waals surface area contributed by atoms with Crippen LogP contribution in [0.5, 0.6) is 0 Å². The second kappa shape index (κ2) is 8.62. The Morgan fingerprint density at radius 1 is 1.35 bits per heavy atom. The maximum Gasteiger partial charge on any atom is 0.244 e. The highest BCUT2D eigenvalue weighted by atomic mass is 35.5. The van der Waals surface area contributed by atoms with E-state index < -0.39 is 32.3 Å². The molecule has 1 aromatic carbocycles. The number of hydrogen-bond acceptors (Lipinski definition) is 5. The van der Waals surface area contributed by atoms with Gasteiger partial charge < -0.3 is 15.4 Å². The number of carbonyl (C=O) groups excluding carboxylic acids is 1. The van der Waals surface area contributed by atoms with Crippen molar-refractivity contribution < 1.29 is 22.3 Å². The van der Waals surface area contributed by atoms with Gasteiger partial charge in [-0.3, -0.25) is 4.79 Å². The molecule has 0 saturated carbocycles. The van der Waals surface area contributed by atoms with Gasteiger partial charge in [0.1, 0.15) is 16.8 Å². The molecule has 3 N–H and O–H groups in total. The standard InChI is InChI=1S/C16H24FN3O4S.ClH/c1-10-14(18-7-8-24-10)15(21)19-11-5-6-12(17)13(9-11)25(22,23)20-16(2,3)4;/h5-6,9-10,14,18,20H,7-8H2,1-4H3,(H,19,21);1H/t10-,14+;/m1./s1. The van der Waals surface area contributed by atoms with E-state index in [2.05, 4.69) is 15.4 Å². The number of hydrogen-bond donors (Lipinski definition) is 3. The fraction of sp³-hybridized carbons (Fsp3) is 0.562. The number of sulfonamides is 1. The minimum absolute atomic E-state index is 0. The molecule has 26 heavy (non-hydrogen) atoms. The van der Waals surface area contributed by atoms with Crippen molar-refractivity contribution >= 4 is 34.0 Å². The van der Waals surface area contributed by atoms with Gasteiger partial charge in [0.2, 0.25) is 15.9 Å². The Kier molecular flexibility index (Phi) is 7.55. The van der Waals surface area contributed by atoms with Crippen molar-refractivity contribution in [3.8, 4) is 0 Å². The lowest BCUT2D eigenvalue weighted by Gasteiger charge is -2.29. The molecule has 0 bridgehead atoms. The summed E-state index contributed by atoms with van der Waals surface area (Å²) in [5.41, 5.74) is -0.566. The zero-order chi connectivity index (χ0) is 18.8. The predicted octanol–water partition coefficient (Wildman–Crippen LogP) is 1.64. The number of morpholine rings is 1. The van der Waals surface area contributed by atoms with Gasteiger partial charge in [0.05, 0.1) is 12.7 Å². The smallest absolute Gasteiger partial charge is 0.244 e. The van der Waals surface area contributed by atoms with Crippen LogP contribution in [-0.2, 0) is 19.6 Å². The third kappa shape index (κ3) is 5.88. The largest absolute Gasteiger partial charge is 0.375 e. The average molecular weight is 410 g/mol. The van der Waals surface area contributed by atoms with Gasteiger partial charge in [0.25, 0.3) is 0 Å². The Morgan fingerprint density at radius 3 is 2.58 bits per heavy atom. The van der Waals surface area contributed by atoms with Crippen LogP contribution in [0.3, 0.4) is 0 Å². The first-order valence-electron chi connectivity index (χ1n) is 7.99. The van der Waals surface area contributed by atoms with Gasteiger partial charge in [-0.2, -0.15) is 0 Å². The van der Waals surface area contributed by atoms with E-state index in [4.69, 9.17) is 4.74 Å². The van der Waals surface area contributed by atoms with E-state index in [0.29, 0.717) is 13.2 Å². The first-order valence-corrected chi connectivity index (χ1v) is 9.47. The lowest BCUT2D eigenvalue weighted by Crippen LogP contribution is -2.53. The molecule has 1 aliphatic rings. The summed E-state index contributed by atoms with van der Waals surface area (Å²) in [6, 6.07) is 2.88. The van der Waals surface area contributed by atoms with Gasteiger partial charge in [-0.25, -0.2) is 17.5 Å². The first kappa shape index (κ1) is 22.8. The number of rotatable bonds is 4. The fourth-order valence-corrected chi connectivity index (χ4v) is 4.02. The SMILES string of the molecule is C[C@H]1OCCN[C@@H]1C(=O)Nc1ccc(F)c(S(=O)(=O)NC(C)(C)C)c1.Cl. The summed E-state index contributed by atoms with van der Waals surface area (Å²) in [4.78, 5) is 11.8. The second-order valence-electron chi connectivity index (χ2n) is 7.00. The normalized spacial score (nSPS) is 21.0. The van der Waals surface area contributed by atoms with Gasteiger partial charge in [-0.1, -0.05) is 0 Å². The topological polar surface area (TPSA) is 96.5 Å². The minimum atomic E-state index is -4.06. The average Bonchev–Trinajstić information content (AvgIpc) is 2.47. The summed E-state index contributed by atoms with van der Waals surface area (Å²) in [6.45, 7) is 7.80. The number of carbonyl (C=O) groups is 1. The van der Waals surface area contributed by atoms with Gasteiger partial charge >= 0.3 is 0 Å². The molecule has 1 heterocycles. The molecule has 148 valence electrons. The minimum Gasteiger partial charge on any atom is -0.375 e. The number of amides is 1. The quantitative estimate of drug-likeness (QED) is 0.702. The highest BCUT2D eigenvalue weighted by molar-refractivity contribution is 7.89. The van der Waals surface area contributed by atoms with Crippen molar-refractivity contribution in [2.24, 2.45) is 0 Å². The Hall–Kier alpha value is -1.26. The van der Waals surface area contributed by atoms with E-state index in [1.165, 1.54) is 6.07 Å². The van der Waals surface area contributed by atoms with E-state index >= 15 is 0 Å². The highest BCUT2D eigenvalue weighted by Gasteiger charge is 2.29. The van der Waals surface area contributed by atoms with Crippen LogP contribution < -0.4 is 15.4 Å². The van der Waals surface area contributed by atoms with Gasteiger partial charge in [-0.05, 0) is 45.9 Å². The Balaban J connectivity index is 0.00000338. The summed E-state index contributed by atoms with van der Waals surface area (Å²) < 4.78 is 46.6. The van der Waals surface area contributed by atoms with Crippen molar-refractivity contribution in [3.63, 3.8) is 0 Å². The van der Waals surface area contributed by atoms with Crippen LogP contribution in [-0.4, -0.2) is 45.2 Å². The zero-order valence-electron chi connectivity index (χ0n) is 15.1. The summed E-state index contributed by atoms with van der Waals surface area (Å²) in [6.07, 6.45) is -0.319. The van der Waals surface area contributed by atoms with Gasteiger partial charge in [-0.15, -0.1) is 12.4 Å². The molecule has 1 aliphatic heterocycles. The number of anilines is 1. The van der Waals surface area contributed by atoms with Gasteiger partial charge in [0, 0.05) is 17.8 Å². The molecule has 2 atom stereocenters. The molecule has 1 saturated heterocycles. The molecule has 1 fully saturated rings. The molecule has 0 spiro atoms. The Morgan fingerprint density at radius 2 is 2.00 bits per heavy atom. The van der Waals surface area contributed by atoms with E-state index in [0.717, 1.165) is 12.1 Å². The Bertz CT molecular complexity index is 752. The first-order chi connectivity index (χ1) is 11.5. The van der Waals surface area contributed by atoms with Crippen LogP contribution in [0.25, 0.3) is 0 Å². The number of halogens is 2. The molecule has 0 radical (unpaired) electrons. The molecule has 0 aliphatic carbocycles. The van der Waals surface area contributed by atoms with Crippen molar-refractivity contribution in [3.05, 3.63) is 24.0 Å². The number of nitrogens with one attached hydrogen (secondary N) is 3. The summed E-state index contributed by atoms with van der Waals surface area (Å²) in [7, 11) is -4.06. The summed E-state index contributed by atoms with van der Waals surface area (Å²) in [5.74, 6) is -1.26. The summed E-state index contributed by atoms with van der Waals surface area (Å²) >= 11 is 0.